The van der Waals surface area contributed by atoms with Gasteiger partial charge in [0.15, 0.2) is 0 Å². The molecule has 0 aliphatic heterocycles. The van der Waals surface area contributed by atoms with Crippen LogP contribution < -0.4 is 4.74 Å². The fraction of sp³-hybridized carbons (Fsp3) is 0.333. The summed E-state index contributed by atoms with van der Waals surface area (Å²) in [5.74, 6) is 0.0197. The van der Waals surface area contributed by atoms with Crippen molar-refractivity contribution >= 4 is 69.6 Å². The van der Waals surface area contributed by atoms with Gasteiger partial charge in [-0.3, -0.25) is 0 Å². The number of rotatable bonds is 2. The highest BCUT2D eigenvalue weighted by atomic mass is 35.6. The minimum atomic E-state index is -1.72. The van der Waals surface area contributed by atoms with Crippen LogP contribution in [0.5, 0.6) is 5.88 Å². The summed E-state index contributed by atoms with van der Waals surface area (Å²) in [5, 5.41) is -1.23. The first-order valence-electron chi connectivity index (χ1n) is 3.35. The topological polar surface area (TPSA) is 35.0 Å². The summed E-state index contributed by atoms with van der Waals surface area (Å²) in [6.45, 7) is 0. The summed E-state index contributed by atoms with van der Waals surface area (Å²) in [6.07, 6.45) is 0. The van der Waals surface area contributed by atoms with Crippen molar-refractivity contribution in [1.82, 2.24) is 9.97 Å². The Morgan fingerprint density at radius 2 is 1.80 bits per heavy atom. The number of nitrogens with zero attached hydrogens (tertiary/aromatic N) is 2. The van der Waals surface area contributed by atoms with Gasteiger partial charge in [-0.1, -0.05) is 58.0 Å². The van der Waals surface area contributed by atoms with Crippen molar-refractivity contribution in [2.45, 2.75) is 8.81 Å². The van der Waals surface area contributed by atoms with Crippen molar-refractivity contribution in [3.63, 3.8) is 0 Å². The smallest absolute Gasteiger partial charge is 0.249 e. The molecular formula is C6H2Cl6N2O. The summed E-state index contributed by atoms with van der Waals surface area (Å²) >= 11 is 33.1. The van der Waals surface area contributed by atoms with E-state index < -0.39 is 8.81 Å². The average Bonchev–Trinajstić information content (AvgIpc) is 1.99. The molecule has 0 bridgehead atoms. The van der Waals surface area contributed by atoms with Gasteiger partial charge in [0.2, 0.25) is 20.0 Å². The number of alkyl halides is 5. The van der Waals surface area contributed by atoms with Crippen molar-refractivity contribution < 1.29 is 4.74 Å². The molecule has 1 rings (SSSR count). The van der Waals surface area contributed by atoms with E-state index in [4.69, 9.17) is 74.3 Å². The largest absolute Gasteiger partial charge is 0.443 e. The van der Waals surface area contributed by atoms with E-state index in [1.54, 1.807) is 0 Å². The van der Waals surface area contributed by atoms with Gasteiger partial charge in [0.1, 0.15) is 5.69 Å². The lowest BCUT2D eigenvalue weighted by atomic mass is 10.4. The van der Waals surface area contributed by atoms with Crippen LogP contribution in [0.4, 0.5) is 0 Å². The van der Waals surface area contributed by atoms with Crippen LogP contribution >= 0.6 is 69.6 Å². The maximum atomic E-state index is 5.60. The van der Waals surface area contributed by atoms with E-state index in [9.17, 15) is 0 Å². The number of halogens is 6. The summed E-state index contributed by atoms with van der Waals surface area (Å²) in [7, 11) is 0. The highest BCUT2D eigenvalue weighted by molar-refractivity contribution is 6.66. The third-order valence-corrected chi connectivity index (χ3v) is 2.10. The second kappa shape index (κ2) is 5.30. The molecule has 0 saturated heterocycles. The van der Waals surface area contributed by atoms with Gasteiger partial charge < -0.3 is 4.74 Å². The van der Waals surface area contributed by atoms with Gasteiger partial charge >= 0.3 is 0 Å². The molecule has 0 unspecified atom stereocenters. The Kier molecular flexibility index (Phi) is 4.84. The normalized spacial score (nSPS) is 11.9. The average molecular weight is 331 g/mol. The van der Waals surface area contributed by atoms with Gasteiger partial charge in [-0.2, -0.15) is 4.98 Å². The van der Waals surface area contributed by atoms with Gasteiger partial charge in [0, 0.05) is 6.07 Å². The molecule has 0 aromatic carbocycles. The lowest BCUT2D eigenvalue weighted by Crippen LogP contribution is -2.08. The Morgan fingerprint density at radius 3 is 2.27 bits per heavy atom. The molecule has 0 atom stereocenters. The summed E-state index contributed by atoms with van der Waals surface area (Å²) in [4.78, 5) is 7.38. The first kappa shape index (κ1) is 13.7. The fourth-order valence-corrected chi connectivity index (χ4v) is 1.34. The molecule has 0 spiro atoms. The van der Waals surface area contributed by atoms with Crippen LogP contribution in [0.15, 0.2) is 6.07 Å². The van der Waals surface area contributed by atoms with E-state index in [0.717, 1.165) is 0 Å². The molecule has 1 aromatic rings. The third-order valence-electron chi connectivity index (χ3n) is 1.18. The Hall–Kier alpha value is 0.620. The SMILES string of the molecule is Clc1nc(OC(Cl)Cl)cc(C(Cl)(Cl)Cl)n1. The number of hydrogen-bond donors (Lipinski definition) is 0. The highest BCUT2D eigenvalue weighted by Gasteiger charge is 2.26. The monoisotopic (exact) mass is 328 g/mol. The summed E-state index contributed by atoms with van der Waals surface area (Å²) in [6, 6.07) is 1.27. The van der Waals surface area contributed by atoms with Gasteiger partial charge in [0.25, 0.3) is 0 Å². The van der Waals surface area contributed by atoms with Crippen LogP contribution in [-0.4, -0.2) is 15.0 Å². The Balaban J connectivity index is 3.06. The standard InChI is InChI=1S/C6H2Cl6N2O/c7-4(8)15-3-1-2(6(10,11)12)13-5(9)14-3/h1,4H. The zero-order valence-electron chi connectivity index (χ0n) is 6.73. The van der Waals surface area contributed by atoms with Gasteiger partial charge in [-0.05, 0) is 11.6 Å². The molecule has 1 aromatic heterocycles. The molecule has 0 fully saturated rings. The first-order chi connectivity index (χ1) is 6.79. The van der Waals surface area contributed by atoms with E-state index in [-0.39, 0.29) is 16.9 Å². The molecule has 0 radical (unpaired) electrons. The predicted molar refractivity (Wildman–Crippen MR) is 62.4 cm³/mol. The molecule has 1 heterocycles. The number of ether oxygens (including phenoxy) is 1. The molecule has 84 valence electrons. The fourth-order valence-electron chi connectivity index (χ4n) is 0.694. The maximum absolute atomic E-state index is 5.60. The quantitative estimate of drug-likeness (QED) is 0.605. The Bertz CT molecular complexity index is 352. The van der Waals surface area contributed by atoms with Crippen molar-refractivity contribution in [2.24, 2.45) is 0 Å². The molecular weight excluding hydrogens is 329 g/mol. The van der Waals surface area contributed by atoms with Crippen LogP contribution in [0.1, 0.15) is 5.69 Å². The van der Waals surface area contributed by atoms with Crippen molar-refractivity contribution in [2.75, 3.05) is 0 Å². The summed E-state index contributed by atoms with van der Waals surface area (Å²) < 4.78 is 3.13. The van der Waals surface area contributed by atoms with E-state index >= 15 is 0 Å². The van der Waals surface area contributed by atoms with Gasteiger partial charge in [-0.25, -0.2) is 4.98 Å². The molecule has 15 heavy (non-hydrogen) atoms. The van der Waals surface area contributed by atoms with E-state index in [0.29, 0.717) is 0 Å². The van der Waals surface area contributed by atoms with Gasteiger partial charge in [-0.15, -0.1) is 0 Å². The molecule has 0 amide bonds. The first-order valence-corrected chi connectivity index (χ1v) is 5.74. The van der Waals surface area contributed by atoms with Crippen molar-refractivity contribution in [3.8, 4) is 5.88 Å². The van der Waals surface area contributed by atoms with Crippen LogP contribution in [0.2, 0.25) is 5.28 Å². The molecule has 0 aliphatic rings. The molecule has 9 heteroatoms. The second-order valence-corrected chi connectivity index (χ2v) is 5.87. The Morgan fingerprint density at radius 1 is 1.20 bits per heavy atom. The minimum Gasteiger partial charge on any atom is -0.443 e. The Labute approximate surface area is 116 Å². The maximum Gasteiger partial charge on any atom is 0.249 e. The zero-order chi connectivity index (χ0) is 11.6. The lowest BCUT2D eigenvalue weighted by molar-refractivity contribution is 0.338. The van der Waals surface area contributed by atoms with Crippen LogP contribution in [-0.2, 0) is 3.79 Å². The van der Waals surface area contributed by atoms with E-state index in [2.05, 4.69) is 9.97 Å². The zero-order valence-corrected chi connectivity index (χ0v) is 11.3. The third kappa shape index (κ3) is 4.55. The number of aromatic nitrogens is 2. The van der Waals surface area contributed by atoms with Crippen molar-refractivity contribution in [1.29, 1.82) is 0 Å². The van der Waals surface area contributed by atoms with Crippen LogP contribution in [0.25, 0.3) is 0 Å². The molecule has 0 saturated carbocycles. The van der Waals surface area contributed by atoms with Crippen LogP contribution in [0.3, 0.4) is 0 Å². The summed E-state index contributed by atoms with van der Waals surface area (Å²) in [5.41, 5.74) is 0.0662. The molecule has 0 N–H and O–H groups in total. The second-order valence-electron chi connectivity index (χ2n) is 2.24. The van der Waals surface area contributed by atoms with Crippen molar-refractivity contribution in [3.05, 3.63) is 17.0 Å². The van der Waals surface area contributed by atoms with E-state index in [1.807, 2.05) is 0 Å². The highest BCUT2D eigenvalue weighted by Crippen LogP contribution is 2.38. The van der Waals surface area contributed by atoms with Crippen LogP contribution in [0, 0.1) is 0 Å². The van der Waals surface area contributed by atoms with E-state index in [1.165, 1.54) is 6.07 Å². The predicted octanol–water partition coefficient (Wildman–Crippen LogP) is 4.10. The van der Waals surface area contributed by atoms with Gasteiger partial charge in [0.05, 0.1) is 0 Å². The minimum absolute atomic E-state index is 0.0197. The lowest BCUT2D eigenvalue weighted by Gasteiger charge is -2.12. The number of hydrogen-bond acceptors (Lipinski definition) is 3. The molecule has 0 aliphatic carbocycles. The molecule has 3 nitrogen and oxygen atoms in total.